The van der Waals surface area contributed by atoms with E-state index in [2.05, 4.69) is 5.32 Å². The summed E-state index contributed by atoms with van der Waals surface area (Å²) in [5.74, 6) is 0.487. The lowest BCUT2D eigenvalue weighted by Gasteiger charge is -2.28. The number of amides is 1. The van der Waals surface area contributed by atoms with Crippen LogP contribution in [0.15, 0.2) is 24.3 Å². The maximum atomic E-state index is 12.4. The summed E-state index contributed by atoms with van der Waals surface area (Å²) in [6.45, 7) is 4.43. The highest BCUT2D eigenvalue weighted by atomic mass is 16.5. The molecule has 0 heterocycles. The molecule has 1 aromatic carbocycles. The van der Waals surface area contributed by atoms with Gasteiger partial charge in [0, 0.05) is 13.1 Å². The zero-order valence-electron chi connectivity index (χ0n) is 14.2. The molecule has 5 heteroatoms. The van der Waals surface area contributed by atoms with Crippen LogP contribution in [0.3, 0.4) is 0 Å². The van der Waals surface area contributed by atoms with E-state index in [0.29, 0.717) is 13.0 Å². The fraction of sp³-hybridized carbons (Fsp3) is 0.588. The quantitative estimate of drug-likeness (QED) is 0.766. The normalized spacial score (nSPS) is 15.2. The van der Waals surface area contributed by atoms with Gasteiger partial charge in [0.2, 0.25) is 5.91 Å². The summed E-state index contributed by atoms with van der Waals surface area (Å²) in [6.07, 6.45) is 0.702. The molecule has 5 nitrogen and oxygen atoms in total. The highest BCUT2D eigenvalue weighted by Gasteiger charge is 2.25. The molecule has 1 aromatic rings. The third-order valence-corrected chi connectivity index (χ3v) is 3.54. The smallest absolute Gasteiger partial charge is 0.227 e. The van der Waals surface area contributed by atoms with E-state index in [1.807, 2.05) is 50.2 Å². The second kappa shape index (κ2) is 8.15. The van der Waals surface area contributed by atoms with Gasteiger partial charge in [-0.1, -0.05) is 19.1 Å². The predicted molar refractivity (Wildman–Crippen MR) is 88.2 cm³/mol. The van der Waals surface area contributed by atoms with Crippen LogP contribution in [0.25, 0.3) is 0 Å². The van der Waals surface area contributed by atoms with Crippen LogP contribution in [-0.2, 0) is 4.79 Å². The molecule has 0 fully saturated rings. The maximum absolute atomic E-state index is 12.4. The molecular formula is C17H28N2O3. The van der Waals surface area contributed by atoms with E-state index in [4.69, 9.17) is 4.74 Å². The van der Waals surface area contributed by atoms with Crippen molar-refractivity contribution in [1.82, 2.24) is 10.2 Å². The molecule has 0 spiro atoms. The van der Waals surface area contributed by atoms with Crippen molar-refractivity contribution in [3.63, 3.8) is 0 Å². The van der Waals surface area contributed by atoms with Crippen LogP contribution in [-0.4, -0.2) is 55.8 Å². The molecule has 1 amide bonds. The number of likely N-dealkylation sites (N-methyl/N-ethyl adjacent to an activating group) is 1. The first-order chi connectivity index (χ1) is 10.3. The Labute approximate surface area is 133 Å². The van der Waals surface area contributed by atoms with E-state index >= 15 is 0 Å². The van der Waals surface area contributed by atoms with Gasteiger partial charge < -0.3 is 20.1 Å². The lowest BCUT2D eigenvalue weighted by atomic mass is 9.95. The minimum Gasteiger partial charge on any atom is -0.497 e. The first kappa shape index (κ1) is 18.5. The zero-order chi connectivity index (χ0) is 16.8. The Kier molecular flexibility index (Phi) is 6.84. The van der Waals surface area contributed by atoms with Crippen molar-refractivity contribution in [1.29, 1.82) is 0 Å². The number of ether oxygens (including phenoxy) is 1. The summed E-state index contributed by atoms with van der Waals surface area (Å²) in [4.78, 5) is 14.3. The molecule has 124 valence electrons. The van der Waals surface area contributed by atoms with Crippen molar-refractivity contribution in [3.8, 4) is 5.75 Å². The Morgan fingerprint density at radius 2 is 1.95 bits per heavy atom. The Balaban J connectivity index is 2.68. The molecule has 0 bridgehead atoms. The highest BCUT2D eigenvalue weighted by Crippen LogP contribution is 2.22. The Hall–Kier alpha value is -1.59. The van der Waals surface area contributed by atoms with Gasteiger partial charge in [-0.05, 0) is 45.1 Å². The number of aliphatic hydroxyl groups is 1. The van der Waals surface area contributed by atoms with E-state index in [-0.39, 0.29) is 18.4 Å². The van der Waals surface area contributed by atoms with Gasteiger partial charge >= 0.3 is 0 Å². The fourth-order valence-electron chi connectivity index (χ4n) is 2.55. The first-order valence-corrected chi connectivity index (χ1v) is 7.58. The van der Waals surface area contributed by atoms with Crippen LogP contribution in [0.4, 0.5) is 0 Å². The van der Waals surface area contributed by atoms with Gasteiger partial charge in [-0.3, -0.25) is 4.79 Å². The molecule has 0 aromatic heterocycles. The van der Waals surface area contributed by atoms with E-state index in [1.165, 1.54) is 0 Å². The van der Waals surface area contributed by atoms with Crippen LogP contribution in [0, 0.1) is 0 Å². The van der Waals surface area contributed by atoms with Crippen LogP contribution in [0.1, 0.15) is 31.7 Å². The number of carbonyl (C=O) groups is 1. The number of benzene rings is 1. The van der Waals surface area contributed by atoms with E-state index in [0.717, 1.165) is 11.3 Å². The van der Waals surface area contributed by atoms with Gasteiger partial charge in [0.25, 0.3) is 0 Å². The SMILES string of the molecule is CCC(C(=O)NCC(C)(O)CN(C)C)c1ccc(OC)cc1. The Morgan fingerprint density at radius 1 is 1.36 bits per heavy atom. The van der Waals surface area contributed by atoms with E-state index in [9.17, 15) is 9.90 Å². The van der Waals surface area contributed by atoms with E-state index < -0.39 is 5.60 Å². The van der Waals surface area contributed by atoms with Crippen molar-refractivity contribution < 1.29 is 14.6 Å². The van der Waals surface area contributed by atoms with Crippen molar-refractivity contribution in [2.75, 3.05) is 34.3 Å². The third-order valence-electron chi connectivity index (χ3n) is 3.54. The molecule has 2 N–H and O–H groups in total. The van der Waals surface area contributed by atoms with Crippen LogP contribution < -0.4 is 10.1 Å². The highest BCUT2D eigenvalue weighted by molar-refractivity contribution is 5.83. The summed E-state index contributed by atoms with van der Waals surface area (Å²) in [7, 11) is 5.40. The minimum atomic E-state index is -0.947. The second-order valence-corrected chi connectivity index (χ2v) is 6.19. The molecule has 0 saturated heterocycles. The Morgan fingerprint density at radius 3 is 2.41 bits per heavy atom. The number of hydrogen-bond acceptors (Lipinski definition) is 4. The summed E-state index contributed by atoms with van der Waals surface area (Å²) < 4.78 is 5.13. The minimum absolute atomic E-state index is 0.0632. The van der Waals surface area contributed by atoms with Gasteiger partial charge in [-0.15, -0.1) is 0 Å². The van der Waals surface area contributed by atoms with Gasteiger partial charge in [-0.25, -0.2) is 0 Å². The van der Waals surface area contributed by atoms with Crippen LogP contribution >= 0.6 is 0 Å². The number of carbonyl (C=O) groups excluding carboxylic acids is 1. The number of methoxy groups -OCH3 is 1. The summed E-state index contributed by atoms with van der Waals surface area (Å²) in [5, 5.41) is 13.1. The van der Waals surface area contributed by atoms with Gasteiger partial charge in [0.15, 0.2) is 0 Å². The predicted octanol–water partition coefficient (Wildman–Crippen LogP) is 1.62. The Bertz CT molecular complexity index is 469. The summed E-state index contributed by atoms with van der Waals surface area (Å²) in [6, 6.07) is 7.52. The molecular weight excluding hydrogens is 280 g/mol. The average molecular weight is 308 g/mol. The number of nitrogens with one attached hydrogen (secondary N) is 1. The lowest BCUT2D eigenvalue weighted by Crippen LogP contribution is -2.48. The third kappa shape index (κ3) is 5.66. The summed E-state index contributed by atoms with van der Waals surface area (Å²) in [5.41, 5.74) is 0.00484. The molecule has 1 rings (SSSR count). The van der Waals surface area contributed by atoms with Gasteiger partial charge in [-0.2, -0.15) is 0 Å². The standard InChI is InChI=1S/C17H28N2O3/c1-6-15(13-7-9-14(22-5)10-8-13)16(20)18-11-17(2,21)12-19(3)4/h7-10,15,21H,6,11-12H2,1-5H3,(H,18,20). The molecule has 0 radical (unpaired) electrons. The fourth-order valence-corrected chi connectivity index (χ4v) is 2.55. The number of nitrogens with zero attached hydrogens (tertiary/aromatic N) is 1. The van der Waals surface area contributed by atoms with Crippen LogP contribution in [0.2, 0.25) is 0 Å². The maximum Gasteiger partial charge on any atom is 0.227 e. The molecule has 22 heavy (non-hydrogen) atoms. The van der Waals surface area contributed by atoms with E-state index in [1.54, 1.807) is 14.0 Å². The van der Waals surface area contributed by atoms with Crippen LogP contribution in [0.5, 0.6) is 5.75 Å². The molecule has 0 aliphatic heterocycles. The summed E-state index contributed by atoms with van der Waals surface area (Å²) >= 11 is 0. The van der Waals surface area contributed by atoms with Crippen molar-refractivity contribution in [2.24, 2.45) is 0 Å². The molecule has 2 unspecified atom stereocenters. The van der Waals surface area contributed by atoms with Gasteiger partial charge in [0.05, 0.1) is 18.6 Å². The van der Waals surface area contributed by atoms with Gasteiger partial charge in [0.1, 0.15) is 5.75 Å². The van der Waals surface area contributed by atoms with Crippen molar-refractivity contribution >= 4 is 5.91 Å². The van der Waals surface area contributed by atoms with Crippen molar-refractivity contribution in [2.45, 2.75) is 31.8 Å². The largest absolute Gasteiger partial charge is 0.497 e. The molecule has 0 aliphatic carbocycles. The number of rotatable bonds is 8. The van der Waals surface area contributed by atoms with Crippen molar-refractivity contribution in [3.05, 3.63) is 29.8 Å². The second-order valence-electron chi connectivity index (χ2n) is 6.19. The average Bonchev–Trinajstić information content (AvgIpc) is 2.45. The number of hydrogen-bond donors (Lipinski definition) is 2. The molecule has 0 saturated carbocycles. The molecule has 0 aliphatic rings. The first-order valence-electron chi connectivity index (χ1n) is 7.58. The molecule has 2 atom stereocenters. The lowest BCUT2D eigenvalue weighted by molar-refractivity contribution is -0.123. The monoisotopic (exact) mass is 308 g/mol. The zero-order valence-corrected chi connectivity index (χ0v) is 14.2. The topological polar surface area (TPSA) is 61.8 Å².